The van der Waals surface area contributed by atoms with Crippen molar-refractivity contribution in [3.8, 4) is 0 Å². The quantitative estimate of drug-likeness (QED) is 0.183. The largest absolute Gasteiger partial charge is 0.479 e. The highest BCUT2D eigenvalue weighted by Crippen LogP contribution is 2.11. The Bertz CT molecular complexity index is 566. The summed E-state index contributed by atoms with van der Waals surface area (Å²) in [7, 11) is 0. The van der Waals surface area contributed by atoms with Gasteiger partial charge in [0.25, 0.3) is 5.24 Å². The smallest absolute Gasteiger partial charge is 0.252 e. The molecule has 0 aromatic heterocycles. The number of hydrogen-bond acceptors (Lipinski definition) is 4. The number of thioether (sulfide) groups is 1. The van der Waals surface area contributed by atoms with Crippen LogP contribution in [0.25, 0.3) is 0 Å². The molecular formula is C18H24ClNO2S. The van der Waals surface area contributed by atoms with Crippen LogP contribution in [0.3, 0.4) is 0 Å². The Labute approximate surface area is 148 Å². The summed E-state index contributed by atoms with van der Waals surface area (Å²) in [5.74, 6) is 0. The Morgan fingerprint density at radius 1 is 1.17 bits per heavy atom. The predicted octanol–water partition coefficient (Wildman–Crippen LogP) is 5.42. The lowest BCUT2D eigenvalue weighted by Gasteiger charge is -2.04. The van der Waals surface area contributed by atoms with Crippen molar-refractivity contribution in [1.82, 2.24) is 0 Å². The van der Waals surface area contributed by atoms with Crippen LogP contribution in [0.5, 0.6) is 0 Å². The van der Waals surface area contributed by atoms with Gasteiger partial charge in [0.1, 0.15) is 6.61 Å². The van der Waals surface area contributed by atoms with E-state index in [1.165, 1.54) is 12.0 Å². The maximum atomic E-state index is 11.5. The zero-order valence-corrected chi connectivity index (χ0v) is 15.9. The van der Waals surface area contributed by atoms with Crippen molar-refractivity contribution >= 4 is 35.0 Å². The van der Waals surface area contributed by atoms with E-state index in [0.29, 0.717) is 5.57 Å². The lowest BCUT2D eigenvalue weighted by Crippen LogP contribution is -2.01. The first-order chi connectivity index (χ1) is 10.9. The second kappa shape index (κ2) is 13.0. The van der Waals surface area contributed by atoms with Crippen LogP contribution in [0, 0.1) is 0 Å². The van der Waals surface area contributed by atoms with Crippen LogP contribution >= 0.6 is 23.4 Å². The zero-order valence-electron chi connectivity index (χ0n) is 14.3. The molecule has 0 N–H and O–H groups in total. The van der Waals surface area contributed by atoms with Gasteiger partial charge in [-0.1, -0.05) is 29.9 Å². The van der Waals surface area contributed by atoms with Crippen LogP contribution in [0.15, 0.2) is 63.2 Å². The van der Waals surface area contributed by atoms with Crippen molar-refractivity contribution < 1.29 is 9.53 Å². The van der Waals surface area contributed by atoms with Crippen LogP contribution in [0.4, 0.5) is 0 Å². The topological polar surface area (TPSA) is 38.7 Å². The summed E-state index contributed by atoms with van der Waals surface area (Å²) in [6, 6.07) is 0. The Hall–Kier alpha value is -1.52. The molecule has 0 aliphatic carbocycles. The van der Waals surface area contributed by atoms with Gasteiger partial charge in [-0.3, -0.25) is 4.79 Å². The number of carbonyl (C=O) groups excluding carboxylic acids is 1. The van der Waals surface area contributed by atoms with Crippen molar-refractivity contribution in [3.63, 3.8) is 0 Å². The molecule has 0 aliphatic heterocycles. The highest BCUT2D eigenvalue weighted by Gasteiger charge is 2.06. The summed E-state index contributed by atoms with van der Waals surface area (Å²) in [6.45, 7) is 7.98. The third-order valence-electron chi connectivity index (χ3n) is 2.55. The summed E-state index contributed by atoms with van der Waals surface area (Å²) >= 11 is 7.18. The number of halogens is 1. The van der Waals surface area contributed by atoms with E-state index < -0.39 is 5.24 Å². The van der Waals surface area contributed by atoms with E-state index in [1.807, 2.05) is 50.7 Å². The first-order valence-electron chi connectivity index (χ1n) is 7.10. The molecular weight excluding hydrogens is 330 g/mol. The fraction of sp³-hybridized carbons (Fsp3) is 0.333. The molecule has 0 spiro atoms. The molecule has 0 aromatic carbocycles. The van der Waals surface area contributed by atoms with Crippen molar-refractivity contribution in [1.29, 1.82) is 0 Å². The minimum Gasteiger partial charge on any atom is -0.479 e. The zero-order chi connectivity index (χ0) is 17.7. The lowest BCUT2D eigenvalue weighted by atomic mass is 10.1. The van der Waals surface area contributed by atoms with Crippen molar-refractivity contribution in [2.45, 2.75) is 27.7 Å². The molecule has 0 bridgehead atoms. The standard InChI is InChI=1S/C18H24ClNO2S/c1-14(2)9-10-16(4)20-13-22-12-15(3)17(18(19)21)8-6-7-11-23-5/h6-11,13H,12H2,1-5H3/b8-6-,11-7+,16-10-,17-15-,20-13+. The Morgan fingerprint density at radius 3 is 2.43 bits per heavy atom. The first kappa shape index (κ1) is 21.5. The molecule has 0 atom stereocenters. The van der Waals surface area contributed by atoms with Gasteiger partial charge >= 0.3 is 0 Å². The SMILES string of the molecule is CS/C=C/C=C\C(C(=O)Cl)=C(/C)CO/C=N/C(C)=C\C=C(C)C. The lowest BCUT2D eigenvalue weighted by molar-refractivity contribution is -0.108. The molecule has 0 amide bonds. The van der Waals surface area contributed by atoms with Gasteiger partial charge < -0.3 is 4.74 Å². The van der Waals surface area contributed by atoms with Crippen molar-refractivity contribution in [2.24, 2.45) is 4.99 Å². The predicted molar refractivity (Wildman–Crippen MR) is 103 cm³/mol. The first-order valence-corrected chi connectivity index (χ1v) is 8.76. The second-order valence-corrected chi connectivity index (χ2v) is 6.08. The molecule has 3 nitrogen and oxygen atoms in total. The summed E-state index contributed by atoms with van der Waals surface area (Å²) in [4.78, 5) is 15.6. The number of carbonyl (C=O) groups is 1. The highest BCUT2D eigenvalue weighted by atomic mass is 35.5. The van der Waals surface area contributed by atoms with Crippen molar-refractivity contribution in [3.05, 3.63) is 58.2 Å². The number of aliphatic imine (C=N–C) groups is 1. The second-order valence-electron chi connectivity index (χ2n) is 4.99. The molecule has 0 radical (unpaired) electrons. The summed E-state index contributed by atoms with van der Waals surface area (Å²) < 4.78 is 5.35. The van der Waals surface area contributed by atoms with Crippen molar-refractivity contribution in [2.75, 3.05) is 12.9 Å². The van der Waals surface area contributed by atoms with E-state index >= 15 is 0 Å². The molecule has 0 saturated carbocycles. The third kappa shape index (κ3) is 11.7. The average Bonchev–Trinajstić information content (AvgIpc) is 2.48. The highest BCUT2D eigenvalue weighted by molar-refractivity contribution is 8.01. The average molecular weight is 354 g/mol. The molecule has 0 aliphatic rings. The Kier molecular flexibility index (Phi) is 12.1. The molecule has 0 aromatic rings. The maximum Gasteiger partial charge on any atom is 0.252 e. The van der Waals surface area contributed by atoms with E-state index in [4.69, 9.17) is 16.3 Å². The van der Waals surface area contributed by atoms with E-state index in [2.05, 4.69) is 4.99 Å². The van der Waals surface area contributed by atoms with Crippen LogP contribution in [-0.2, 0) is 9.53 Å². The molecule has 0 saturated heterocycles. The number of ether oxygens (including phenoxy) is 1. The van der Waals surface area contributed by atoms with Gasteiger partial charge in [0.05, 0.1) is 0 Å². The molecule has 5 heteroatoms. The molecule has 0 rings (SSSR count). The fourth-order valence-corrected chi connectivity index (χ4v) is 1.81. The minimum absolute atomic E-state index is 0.254. The summed E-state index contributed by atoms with van der Waals surface area (Å²) in [5, 5.41) is 1.41. The Balaban J connectivity index is 4.74. The van der Waals surface area contributed by atoms with E-state index in [9.17, 15) is 4.79 Å². The van der Waals surface area contributed by atoms with Crippen LogP contribution in [0.2, 0.25) is 0 Å². The summed E-state index contributed by atoms with van der Waals surface area (Å²) in [6.07, 6.45) is 12.5. The van der Waals surface area contributed by atoms with E-state index in [1.54, 1.807) is 30.8 Å². The Morgan fingerprint density at radius 2 is 1.87 bits per heavy atom. The van der Waals surface area contributed by atoms with Crippen LogP contribution < -0.4 is 0 Å². The van der Waals surface area contributed by atoms with Crippen LogP contribution in [0.1, 0.15) is 27.7 Å². The third-order valence-corrected chi connectivity index (χ3v) is 3.18. The maximum absolute atomic E-state index is 11.5. The number of rotatable bonds is 9. The summed E-state index contributed by atoms with van der Waals surface area (Å²) in [5.41, 5.74) is 3.22. The number of nitrogens with zero attached hydrogens (tertiary/aromatic N) is 1. The fourth-order valence-electron chi connectivity index (χ4n) is 1.34. The van der Waals surface area contributed by atoms with Gasteiger partial charge in [-0.2, -0.15) is 0 Å². The molecule has 126 valence electrons. The van der Waals surface area contributed by atoms with Gasteiger partial charge in [0, 0.05) is 11.3 Å². The van der Waals surface area contributed by atoms with E-state index in [0.717, 1.165) is 11.3 Å². The monoisotopic (exact) mass is 353 g/mol. The molecule has 23 heavy (non-hydrogen) atoms. The molecule has 0 heterocycles. The molecule has 0 unspecified atom stereocenters. The minimum atomic E-state index is -0.503. The van der Waals surface area contributed by atoms with E-state index in [-0.39, 0.29) is 6.61 Å². The van der Waals surface area contributed by atoms with Gasteiger partial charge in [-0.25, -0.2) is 4.99 Å². The van der Waals surface area contributed by atoms with Gasteiger partial charge in [-0.15, -0.1) is 11.8 Å². The van der Waals surface area contributed by atoms with Crippen LogP contribution in [-0.4, -0.2) is 24.5 Å². The number of hydrogen-bond donors (Lipinski definition) is 0. The van der Waals surface area contributed by atoms with Gasteiger partial charge in [0.2, 0.25) is 0 Å². The van der Waals surface area contributed by atoms with Gasteiger partial charge in [0.15, 0.2) is 6.40 Å². The normalized spacial score (nSPS) is 13.7. The number of allylic oxidation sites excluding steroid dienone is 8. The van der Waals surface area contributed by atoms with Gasteiger partial charge in [-0.05, 0) is 62.6 Å². The molecule has 0 fully saturated rings.